The molecule has 0 fully saturated rings. The van der Waals surface area contributed by atoms with Crippen LogP contribution in [0.2, 0.25) is 0 Å². The molecule has 0 unspecified atom stereocenters. The molecule has 4 heteroatoms. The Balaban J connectivity index is 2.81. The third-order valence-electron chi connectivity index (χ3n) is 2.84. The molecule has 0 aliphatic rings. The molecule has 3 nitrogen and oxygen atoms in total. The van der Waals surface area contributed by atoms with Crippen molar-refractivity contribution in [1.29, 1.82) is 0 Å². The van der Waals surface area contributed by atoms with Gasteiger partial charge in [-0.25, -0.2) is 0 Å². The van der Waals surface area contributed by atoms with Gasteiger partial charge in [-0.3, -0.25) is 4.57 Å². The van der Waals surface area contributed by atoms with E-state index in [0.29, 0.717) is 18.5 Å². The first kappa shape index (κ1) is 16.4. The highest BCUT2D eigenvalue weighted by atomic mass is 31.2. The van der Waals surface area contributed by atoms with Crippen LogP contribution in [0.5, 0.6) is 0 Å². The summed E-state index contributed by atoms with van der Waals surface area (Å²) in [6.45, 7) is 7.10. The van der Waals surface area contributed by atoms with Crippen LogP contribution in [0.4, 0.5) is 0 Å². The zero-order valence-electron chi connectivity index (χ0n) is 12.2. The normalized spacial score (nSPS) is 11.7. The van der Waals surface area contributed by atoms with Gasteiger partial charge in [0.05, 0.1) is 18.5 Å². The van der Waals surface area contributed by atoms with Gasteiger partial charge in [0.15, 0.2) is 0 Å². The Bertz CT molecular complexity index is 404. The Morgan fingerprint density at radius 1 is 1.05 bits per heavy atom. The van der Waals surface area contributed by atoms with E-state index < -0.39 is 7.60 Å². The molecule has 1 aromatic carbocycles. The second kappa shape index (κ2) is 8.52. The van der Waals surface area contributed by atoms with Crippen LogP contribution in [0.3, 0.4) is 0 Å². The maximum atomic E-state index is 12.9. The number of unbranched alkanes of at least 4 members (excludes halogenated alkanes) is 2. The molecule has 0 aromatic heterocycles. The molecule has 1 aromatic rings. The quantitative estimate of drug-likeness (QED) is 0.496. The molecule has 0 amide bonds. The van der Waals surface area contributed by atoms with Crippen molar-refractivity contribution in [2.75, 3.05) is 13.2 Å². The lowest BCUT2D eigenvalue weighted by Crippen LogP contribution is -2.12. The lowest BCUT2D eigenvalue weighted by molar-refractivity contribution is 0.208. The Hall–Kier alpha value is -0.630. The highest BCUT2D eigenvalue weighted by molar-refractivity contribution is 7.62. The predicted molar refractivity (Wildman–Crippen MR) is 80.1 cm³/mol. The van der Waals surface area contributed by atoms with Crippen LogP contribution in [-0.4, -0.2) is 13.2 Å². The maximum Gasteiger partial charge on any atom is 0.361 e. The van der Waals surface area contributed by atoms with Crippen LogP contribution < -0.4 is 5.30 Å². The molecule has 0 bridgehead atoms. The van der Waals surface area contributed by atoms with Gasteiger partial charge in [-0.15, -0.1) is 0 Å². The molecular weight excluding hydrogens is 259 g/mol. The fourth-order valence-electron chi connectivity index (χ4n) is 1.64. The van der Waals surface area contributed by atoms with E-state index in [4.69, 9.17) is 9.05 Å². The summed E-state index contributed by atoms with van der Waals surface area (Å²) in [5.41, 5.74) is 1.07. The lowest BCUT2D eigenvalue weighted by Gasteiger charge is -2.19. The minimum absolute atomic E-state index is 0.480. The number of hydrogen-bond donors (Lipinski definition) is 0. The summed E-state index contributed by atoms with van der Waals surface area (Å²) in [6.07, 6.45) is 3.82. The first-order valence-electron chi connectivity index (χ1n) is 7.08. The summed E-state index contributed by atoms with van der Waals surface area (Å²) in [5, 5.41) is 0.666. The summed E-state index contributed by atoms with van der Waals surface area (Å²) in [5.74, 6) is 0. The van der Waals surface area contributed by atoms with Gasteiger partial charge >= 0.3 is 7.60 Å². The largest absolute Gasteiger partial charge is 0.361 e. The average Bonchev–Trinajstić information content (AvgIpc) is 2.39. The van der Waals surface area contributed by atoms with E-state index in [1.54, 1.807) is 0 Å². The fourth-order valence-corrected chi connectivity index (χ4v) is 3.38. The zero-order chi connectivity index (χ0) is 14.1. The van der Waals surface area contributed by atoms with Crippen molar-refractivity contribution in [2.45, 2.75) is 46.5 Å². The van der Waals surface area contributed by atoms with Gasteiger partial charge in [0.2, 0.25) is 0 Å². The molecule has 0 atom stereocenters. The first-order valence-corrected chi connectivity index (χ1v) is 8.63. The van der Waals surface area contributed by atoms with Gasteiger partial charge in [-0.1, -0.05) is 44.4 Å². The number of rotatable bonds is 9. The highest BCUT2D eigenvalue weighted by Gasteiger charge is 2.27. The summed E-state index contributed by atoms with van der Waals surface area (Å²) in [6, 6.07) is 7.58. The lowest BCUT2D eigenvalue weighted by atomic mass is 10.2. The van der Waals surface area contributed by atoms with Crippen molar-refractivity contribution in [2.24, 2.45) is 0 Å². The fraction of sp³-hybridized carbons (Fsp3) is 0.600. The second-order valence-corrected chi connectivity index (χ2v) is 6.74. The molecule has 0 heterocycles. The smallest absolute Gasteiger partial charge is 0.305 e. The van der Waals surface area contributed by atoms with E-state index in [2.05, 4.69) is 13.8 Å². The molecular formula is C15H25O3P. The van der Waals surface area contributed by atoms with Gasteiger partial charge < -0.3 is 9.05 Å². The Morgan fingerprint density at radius 2 is 1.63 bits per heavy atom. The molecule has 0 spiro atoms. The SMILES string of the molecule is CCCCOP(=O)(OCCCC)c1cccc(C)c1. The summed E-state index contributed by atoms with van der Waals surface area (Å²) >= 11 is 0. The number of hydrogen-bond acceptors (Lipinski definition) is 3. The number of aryl methyl sites for hydroxylation is 1. The van der Waals surface area contributed by atoms with Crippen LogP contribution in [0.15, 0.2) is 24.3 Å². The van der Waals surface area contributed by atoms with Crippen molar-refractivity contribution < 1.29 is 13.6 Å². The van der Waals surface area contributed by atoms with Crippen LogP contribution in [0.1, 0.15) is 45.1 Å². The molecule has 0 saturated carbocycles. The van der Waals surface area contributed by atoms with Crippen molar-refractivity contribution in [3.8, 4) is 0 Å². The molecule has 1 rings (SSSR count). The van der Waals surface area contributed by atoms with E-state index in [1.165, 1.54) is 0 Å². The first-order chi connectivity index (χ1) is 9.12. The molecule has 0 N–H and O–H groups in total. The molecule has 0 aliphatic heterocycles. The summed E-state index contributed by atoms with van der Waals surface area (Å²) < 4.78 is 24.1. The van der Waals surface area contributed by atoms with E-state index in [9.17, 15) is 4.57 Å². The van der Waals surface area contributed by atoms with Gasteiger partial charge in [0.1, 0.15) is 0 Å². The monoisotopic (exact) mass is 284 g/mol. The van der Waals surface area contributed by atoms with Crippen LogP contribution in [0.25, 0.3) is 0 Å². The Kier molecular flexibility index (Phi) is 7.37. The van der Waals surface area contributed by atoms with Crippen LogP contribution >= 0.6 is 7.60 Å². The molecule has 0 radical (unpaired) electrons. The van der Waals surface area contributed by atoms with Gasteiger partial charge in [-0.05, 0) is 31.9 Å². The molecule has 108 valence electrons. The van der Waals surface area contributed by atoms with Gasteiger partial charge in [0.25, 0.3) is 0 Å². The standard InChI is InChI=1S/C15H25O3P/c1-4-6-11-17-19(16,18-12-7-5-2)15-10-8-9-14(3)13-15/h8-10,13H,4-7,11-12H2,1-3H3. The highest BCUT2D eigenvalue weighted by Crippen LogP contribution is 2.47. The Labute approximate surface area is 116 Å². The average molecular weight is 284 g/mol. The minimum atomic E-state index is -3.16. The van der Waals surface area contributed by atoms with E-state index in [0.717, 1.165) is 31.2 Å². The zero-order valence-corrected chi connectivity index (χ0v) is 13.1. The van der Waals surface area contributed by atoms with Crippen LogP contribution in [0, 0.1) is 6.92 Å². The van der Waals surface area contributed by atoms with E-state index in [1.807, 2.05) is 31.2 Å². The minimum Gasteiger partial charge on any atom is -0.305 e. The van der Waals surface area contributed by atoms with E-state index in [-0.39, 0.29) is 0 Å². The summed E-state index contributed by atoms with van der Waals surface area (Å²) in [4.78, 5) is 0. The third-order valence-corrected chi connectivity index (χ3v) is 4.79. The van der Waals surface area contributed by atoms with Crippen molar-refractivity contribution in [3.63, 3.8) is 0 Å². The van der Waals surface area contributed by atoms with Gasteiger partial charge in [-0.2, -0.15) is 0 Å². The summed E-state index contributed by atoms with van der Waals surface area (Å²) in [7, 11) is -3.16. The van der Waals surface area contributed by atoms with Crippen molar-refractivity contribution in [3.05, 3.63) is 29.8 Å². The topological polar surface area (TPSA) is 35.5 Å². The second-order valence-electron chi connectivity index (χ2n) is 4.71. The predicted octanol–water partition coefficient (Wildman–Crippen LogP) is 4.45. The maximum absolute atomic E-state index is 12.9. The third kappa shape index (κ3) is 5.48. The molecule has 0 saturated heterocycles. The van der Waals surface area contributed by atoms with Crippen LogP contribution in [-0.2, 0) is 13.6 Å². The van der Waals surface area contributed by atoms with Crippen molar-refractivity contribution >= 4 is 12.9 Å². The van der Waals surface area contributed by atoms with Gasteiger partial charge in [0, 0.05) is 0 Å². The molecule has 19 heavy (non-hydrogen) atoms. The van der Waals surface area contributed by atoms with E-state index >= 15 is 0 Å². The molecule has 0 aliphatic carbocycles. The number of benzene rings is 1. The Morgan fingerprint density at radius 3 is 2.11 bits per heavy atom. The van der Waals surface area contributed by atoms with Crippen molar-refractivity contribution in [1.82, 2.24) is 0 Å².